The van der Waals surface area contributed by atoms with Gasteiger partial charge in [0, 0.05) is 31.1 Å². The molecule has 0 bridgehead atoms. The van der Waals surface area contributed by atoms with Gasteiger partial charge in [-0.15, -0.1) is 0 Å². The van der Waals surface area contributed by atoms with Crippen LogP contribution in [-0.4, -0.2) is 35.6 Å². The maximum absolute atomic E-state index is 12.2. The van der Waals surface area contributed by atoms with Crippen molar-refractivity contribution < 1.29 is 9.53 Å². The van der Waals surface area contributed by atoms with Gasteiger partial charge < -0.3 is 9.64 Å². The Morgan fingerprint density at radius 2 is 1.96 bits per heavy atom. The maximum Gasteiger partial charge on any atom is 0.219 e. The van der Waals surface area contributed by atoms with E-state index in [0.717, 1.165) is 43.9 Å². The van der Waals surface area contributed by atoms with Crippen molar-refractivity contribution in [2.75, 3.05) is 13.2 Å². The number of nitrogens with zero attached hydrogens (tertiary/aromatic N) is 1. The minimum absolute atomic E-state index is 0.127. The van der Waals surface area contributed by atoms with Gasteiger partial charge in [0.25, 0.3) is 0 Å². The zero-order valence-corrected chi connectivity index (χ0v) is 17.0. The predicted octanol–water partition coefficient (Wildman–Crippen LogP) is 5.10. The monoisotopic (exact) mass is 365 g/mol. The predicted molar refractivity (Wildman–Crippen MR) is 104 cm³/mol. The highest BCUT2D eigenvalue weighted by Gasteiger charge is 2.34. The van der Waals surface area contributed by atoms with Gasteiger partial charge in [-0.3, -0.25) is 4.79 Å². The van der Waals surface area contributed by atoms with Crippen LogP contribution in [0.5, 0.6) is 0 Å². The number of amides is 1. The zero-order valence-electron chi connectivity index (χ0n) is 16.3. The van der Waals surface area contributed by atoms with Crippen LogP contribution in [0.4, 0.5) is 0 Å². The standard InChI is InChI=1S/C21H32ClNO2/c1-16(24)23(19-10-13-25-21(4,5)15-19)12-11-20(2,3)14-17-6-8-18(22)9-7-17/h6-9,19H,10-15H2,1-5H3/t19-/m1/s1. The van der Waals surface area contributed by atoms with Crippen molar-refractivity contribution in [2.24, 2.45) is 5.41 Å². The molecular formula is C21H32ClNO2. The van der Waals surface area contributed by atoms with Gasteiger partial charge in [-0.1, -0.05) is 37.6 Å². The molecule has 0 aliphatic carbocycles. The summed E-state index contributed by atoms with van der Waals surface area (Å²) in [7, 11) is 0. The SMILES string of the molecule is CC(=O)N(CCC(C)(C)Cc1ccc(Cl)cc1)[C@@H]1CCOC(C)(C)C1. The fraction of sp³-hybridized carbons (Fsp3) is 0.667. The Hall–Kier alpha value is -1.06. The topological polar surface area (TPSA) is 29.5 Å². The van der Waals surface area contributed by atoms with Crippen molar-refractivity contribution in [1.29, 1.82) is 0 Å². The van der Waals surface area contributed by atoms with Gasteiger partial charge in [0.1, 0.15) is 0 Å². The molecule has 1 heterocycles. The molecule has 1 aliphatic heterocycles. The summed E-state index contributed by atoms with van der Waals surface area (Å²) in [6.07, 6.45) is 3.80. The van der Waals surface area contributed by atoms with E-state index in [9.17, 15) is 4.79 Å². The summed E-state index contributed by atoms with van der Waals surface area (Å²) >= 11 is 5.98. The van der Waals surface area contributed by atoms with E-state index in [1.807, 2.05) is 12.1 Å². The molecule has 140 valence electrons. The fourth-order valence-corrected chi connectivity index (χ4v) is 3.86. The molecule has 2 rings (SSSR count). The molecule has 0 saturated carbocycles. The van der Waals surface area contributed by atoms with Gasteiger partial charge in [0.05, 0.1) is 5.60 Å². The van der Waals surface area contributed by atoms with Gasteiger partial charge in [-0.25, -0.2) is 0 Å². The summed E-state index contributed by atoms with van der Waals surface area (Å²) in [6.45, 7) is 12.0. The molecule has 1 aromatic rings. The van der Waals surface area contributed by atoms with Crippen LogP contribution in [0.25, 0.3) is 0 Å². The van der Waals surface area contributed by atoms with Crippen molar-refractivity contribution in [1.82, 2.24) is 4.90 Å². The molecule has 0 radical (unpaired) electrons. The molecular weight excluding hydrogens is 334 g/mol. The number of ether oxygens (including phenoxy) is 1. The Kier molecular flexibility index (Phi) is 6.56. The highest BCUT2D eigenvalue weighted by molar-refractivity contribution is 6.30. The van der Waals surface area contributed by atoms with Gasteiger partial charge in [-0.05, 0) is 62.6 Å². The first-order valence-electron chi connectivity index (χ1n) is 9.24. The van der Waals surface area contributed by atoms with Crippen LogP contribution in [0.1, 0.15) is 59.4 Å². The van der Waals surface area contributed by atoms with Crippen LogP contribution in [0, 0.1) is 5.41 Å². The lowest BCUT2D eigenvalue weighted by atomic mass is 9.82. The van der Waals surface area contributed by atoms with Gasteiger partial charge >= 0.3 is 0 Å². The minimum Gasteiger partial charge on any atom is -0.375 e. The molecule has 1 aromatic carbocycles. The number of benzene rings is 1. The molecule has 1 atom stereocenters. The number of halogens is 1. The summed E-state index contributed by atoms with van der Waals surface area (Å²) in [6, 6.07) is 8.35. The Labute approximate surface area is 157 Å². The van der Waals surface area contributed by atoms with Crippen LogP contribution in [0.15, 0.2) is 24.3 Å². The lowest BCUT2D eigenvalue weighted by Gasteiger charge is -2.42. The van der Waals surface area contributed by atoms with E-state index in [1.165, 1.54) is 5.56 Å². The first kappa shape index (κ1) is 20.3. The minimum atomic E-state index is -0.143. The van der Waals surface area contributed by atoms with E-state index in [0.29, 0.717) is 0 Å². The third-order valence-corrected chi connectivity index (χ3v) is 5.39. The fourth-order valence-electron chi connectivity index (χ4n) is 3.73. The average Bonchev–Trinajstić information content (AvgIpc) is 2.48. The molecule has 25 heavy (non-hydrogen) atoms. The first-order chi connectivity index (χ1) is 11.6. The highest BCUT2D eigenvalue weighted by atomic mass is 35.5. The van der Waals surface area contributed by atoms with Gasteiger partial charge in [0.15, 0.2) is 0 Å². The van der Waals surface area contributed by atoms with E-state index in [4.69, 9.17) is 16.3 Å². The van der Waals surface area contributed by atoms with Crippen molar-refractivity contribution >= 4 is 17.5 Å². The van der Waals surface area contributed by atoms with Crippen molar-refractivity contribution in [3.63, 3.8) is 0 Å². The maximum atomic E-state index is 12.2. The summed E-state index contributed by atoms with van der Waals surface area (Å²) in [5, 5.41) is 0.770. The smallest absolute Gasteiger partial charge is 0.219 e. The van der Waals surface area contributed by atoms with E-state index in [-0.39, 0.29) is 23.0 Å². The Morgan fingerprint density at radius 1 is 1.32 bits per heavy atom. The molecule has 1 saturated heterocycles. The lowest BCUT2D eigenvalue weighted by Crippen LogP contribution is -2.48. The molecule has 0 aromatic heterocycles. The normalized spacial score (nSPS) is 20.3. The van der Waals surface area contributed by atoms with Crippen LogP contribution >= 0.6 is 11.6 Å². The third-order valence-electron chi connectivity index (χ3n) is 5.14. The van der Waals surface area contributed by atoms with Crippen molar-refractivity contribution in [3.8, 4) is 0 Å². The van der Waals surface area contributed by atoms with Crippen molar-refractivity contribution in [3.05, 3.63) is 34.9 Å². The van der Waals surface area contributed by atoms with Crippen molar-refractivity contribution in [2.45, 2.75) is 71.9 Å². The quantitative estimate of drug-likeness (QED) is 0.701. The van der Waals surface area contributed by atoms with E-state index in [1.54, 1.807) is 6.92 Å². The second-order valence-electron chi connectivity index (χ2n) is 8.68. The number of rotatable bonds is 6. The van der Waals surface area contributed by atoms with Crippen LogP contribution in [0.2, 0.25) is 5.02 Å². The van der Waals surface area contributed by atoms with E-state index in [2.05, 4.69) is 44.7 Å². The number of carbonyl (C=O) groups excluding carboxylic acids is 1. The molecule has 1 fully saturated rings. The largest absolute Gasteiger partial charge is 0.375 e. The third kappa shape index (κ3) is 6.31. The second kappa shape index (κ2) is 8.09. The van der Waals surface area contributed by atoms with E-state index >= 15 is 0 Å². The summed E-state index contributed by atoms with van der Waals surface area (Å²) in [5.74, 6) is 0.171. The molecule has 3 nitrogen and oxygen atoms in total. The number of hydrogen-bond donors (Lipinski definition) is 0. The Morgan fingerprint density at radius 3 is 2.52 bits per heavy atom. The van der Waals surface area contributed by atoms with Crippen LogP contribution in [0.3, 0.4) is 0 Å². The number of hydrogen-bond acceptors (Lipinski definition) is 2. The lowest BCUT2D eigenvalue weighted by molar-refractivity contribution is -0.138. The van der Waals surface area contributed by atoms with Gasteiger partial charge in [-0.2, -0.15) is 0 Å². The molecule has 4 heteroatoms. The second-order valence-corrected chi connectivity index (χ2v) is 9.12. The van der Waals surface area contributed by atoms with Crippen LogP contribution in [-0.2, 0) is 16.0 Å². The molecule has 1 amide bonds. The first-order valence-corrected chi connectivity index (χ1v) is 9.61. The highest BCUT2D eigenvalue weighted by Crippen LogP contribution is 2.31. The number of carbonyl (C=O) groups is 1. The average molecular weight is 366 g/mol. The Balaban J connectivity index is 1.97. The molecule has 0 N–H and O–H groups in total. The molecule has 0 unspecified atom stereocenters. The molecule has 0 spiro atoms. The van der Waals surface area contributed by atoms with Gasteiger partial charge in [0.2, 0.25) is 5.91 Å². The molecule has 1 aliphatic rings. The zero-order chi connectivity index (χ0) is 18.7. The van der Waals surface area contributed by atoms with E-state index < -0.39 is 0 Å². The Bertz CT molecular complexity index is 580. The summed E-state index contributed by atoms with van der Waals surface area (Å²) < 4.78 is 5.81. The summed E-state index contributed by atoms with van der Waals surface area (Å²) in [4.78, 5) is 14.3. The summed E-state index contributed by atoms with van der Waals surface area (Å²) in [5.41, 5.74) is 1.27. The van der Waals surface area contributed by atoms with Crippen LogP contribution < -0.4 is 0 Å².